The van der Waals surface area contributed by atoms with Crippen LogP contribution in [0.25, 0.3) is 11.1 Å². The van der Waals surface area contributed by atoms with Crippen LogP contribution in [0.15, 0.2) is 54.7 Å². The number of hydrogen-bond donors (Lipinski definition) is 4. The van der Waals surface area contributed by atoms with Crippen LogP contribution < -0.4 is 25.8 Å². The first-order chi connectivity index (χ1) is 13.5. The van der Waals surface area contributed by atoms with Crippen LogP contribution in [0.5, 0.6) is 11.5 Å². The van der Waals surface area contributed by atoms with Gasteiger partial charge in [-0.1, -0.05) is 12.1 Å². The Kier molecular flexibility index (Phi) is 5.50. The number of anilines is 2. The molecule has 0 aliphatic heterocycles. The molecule has 3 rings (SSSR count). The van der Waals surface area contributed by atoms with E-state index in [-0.39, 0.29) is 0 Å². The molecule has 5 N–H and O–H groups in total. The molecule has 3 amide bonds. The molecular weight excluding hydrogens is 360 g/mol. The fraction of sp³-hybridized carbons (Fsp3) is 0.100. The second-order valence-electron chi connectivity index (χ2n) is 5.89. The van der Waals surface area contributed by atoms with Gasteiger partial charge in [0, 0.05) is 41.3 Å². The normalized spacial score (nSPS) is 10.2. The molecule has 0 spiro atoms. The number of urea groups is 1. The molecule has 144 valence electrons. The van der Waals surface area contributed by atoms with Crippen LogP contribution in [0.3, 0.4) is 0 Å². The van der Waals surface area contributed by atoms with Gasteiger partial charge in [0.25, 0.3) is 5.91 Å². The number of hydrogen-bond acceptors (Lipinski definition) is 4. The third-order valence-electron chi connectivity index (χ3n) is 4.06. The van der Waals surface area contributed by atoms with Crippen molar-refractivity contribution in [2.45, 2.75) is 0 Å². The van der Waals surface area contributed by atoms with Gasteiger partial charge < -0.3 is 30.8 Å². The molecule has 1 heterocycles. The summed E-state index contributed by atoms with van der Waals surface area (Å²) < 4.78 is 10.4. The molecule has 0 unspecified atom stereocenters. The largest absolute Gasteiger partial charge is 0.497 e. The first kappa shape index (κ1) is 18.8. The number of H-pyrrole nitrogens is 1. The first-order valence-corrected chi connectivity index (χ1v) is 8.39. The first-order valence-electron chi connectivity index (χ1n) is 8.39. The number of nitrogens with two attached hydrogens (primary N) is 1. The van der Waals surface area contributed by atoms with Gasteiger partial charge in [0.15, 0.2) is 0 Å². The summed E-state index contributed by atoms with van der Waals surface area (Å²) >= 11 is 0. The summed E-state index contributed by atoms with van der Waals surface area (Å²) in [6.45, 7) is 0. The number of aromatic amines is 1. The Morgan fingerprint density at radius 3 is 2.07 bits per heavy atom. The van der Waals surface area contributed by atoms with Crippen molar-refractivity contribution in [2.24, 2.45) is 5.73 Å². The van der Waals surface area contributed by atoms with E-state index in [1.807, 2.05) is 0 Å². The molecule has 8 nitrogen and oxygen atoms in total. The lowest BCUT2D eigenvalue weighted by Crippen LogP contribution is -2.19. The highest BCUT2D eigenvalue weighted by molar-refractivity contribution is 6.01. The zero-order valence-corrected chi connectivity index (χ0v) is 15.4. The average molecular weight is 380 g/mol. The summed E-state index contributed by atoms with van der Waals surface area (Å²) in [4.78, 5) is 26.5. The number of benzene rings is 2. The Morgan fingerprint density at radius 1 is 0.893 bits per heavy atom. The molecule has 0 bridgehead atoms. The zero-order valence-electron chi connectivity index (χ0n) is 15.4. The van der Waals surface area contributed by atoms with Crippen molar-refractivity contribution in [3.05, 3.63) is 60.4 Å². The Labute approximate surface area is 161 Å². The Bertz CT molecular complexity index is 973. The zero-order chi connectivity index (χ0) is 20.1. The van der Waals surface area contributed by atoms with Crippen molar-refractivity contribution < 1.29 is 19.1 Å². The molecule has 1 aromatic heterocycles. The predicted molar refractivity (Wildman–Crippen MR) is 107 cm³/mol. The summed E-state index contributed by atoms with van der Waals surface area (Å²) in [6.07, 6.45) is 1.65. The fourth-order valence-electron chi connectivity index (χ4n) is 2.72. The highest BCUT2D eigenvalue weighted by Gasteiger charge is 2.11. The Balaban J connectivity index is 1.70. The maximum absolute atomic E-state index is 12.3. The molecule has 0 saturated carbocycles. The van der Waals surface area contributed by atoms with Crippen molar-refractivity contribution in [1.29, 1.82) is 0 Å². The highest BCUT2D eigenvalue weighted by atomic mass is 16.5. The summed E-state index contributed by atoms with van der Waals surface area (Å²) in [5, 5.41) is 5.47. The molecule has 2 aromatic carbocycles. The second-order valence-corrected chi connectivity index (χ2v) is 5.89. The minimum atomic E-state index is -0.532. The fourth-order valence-corrected chi connectivity index (χ4v) is 2.72. The lowest BCUT2D eigenvalue weighted by atomic mass is 10.1. The quantitative estimate of drug-likeness (QED) is 0.524. The van der Waals surface area contributed by atoms with Crippen LogP contribution in [-0.4, -0.2) is 31.1 Å². The minimum Gasteiger partial charge on any atom is -0.497 e. The monoisotopic (exact) mass is 380 g/mol. The summed E-state index contributed by atoms with van der Waals surface area (Å²) in [7, 11) is 3.07. The number of primary amides is 1. The van der Waals surface area contributed by atoms with Gasteiger partial charge in [-0.25, -0.2) is 4.79 Å². The number of carbonyl (C=O) groups is 2. The van der Waals surface area contributed by atoms with Crippen molar-refractivity contribution in [1.82, 2.24) is 4.98 Å². The van der Waals surface area contributed by atoms with Crippen molar-refractivity contribution in [3.8, 4) is 22.6 Å². The van der Waals surface area contributed by atoms with E-state index in [2.05, 4.69) is 15.6 Å². The number of rotatable bonds is 6. The number of ether oxygens (including phenoxy) is 2. The summed E-state index contributed by atoms with van der Waals surface area (Å²) in [6, 6.07) is 13.5. The van der Waals surface area contributed by atoms with E-state index in [1.165, 1.54) is 14.2 Å². The molecule has 0 saturated heterocycles. The molecule has 0 radical (unpaired) electrons. The summed E-state index contributed by atoms with van der Waals surface area (Å²) in [5.41, 5.74) is 8.32. The topological polar surface area (TPSA) is 118 Å². The van der Waals surface area contributed by atoms with Gasteiger partial charge in [0.05, 0.1) is 14.2 Å². The molecule has 0 aliphatic carbocycles. The van der Waals surface area contributed by atoms with Crippen LogP contribution >= 0.6 is 0 Å². The van der Waals surface area contributed by atoms with Crippen LogP contribution in [0, 0.1) is 0 Å². The lowest BCUT2D eigenvalue weighted by molar-refractivity contribution is 0.0996. The molecule has 8 heteroatoms. The standard InChI is InChI=1S/C20H20N4O4/c1-27-15-9-14(10-16(11-15)28-2)24-20(26)23-13-5-3-12(4-6-13)17-7-8-22-18(17)19(21)25/h3-11,22H,1-2H3,(H2,21,25)(H2,23,24,26). The summed E-state index contributed by atoms with van der Waals surface area (Å²) in [5.74, 6) is 0.599. The Morgan fingerprint density at radius 2 is 1.50 bits per heavy atom. The van der Waals surface area contributed by atoms with E-state index < -0.39 is 11.9 Å². The number of aromatic nitrogens is 1. The van der Waals surface area contributed by atoms with Crippen LogP contribution in [0.2, 0.25) is 0 Å². The van der Waals surface area contributed by atoms with Gasteiger partial charge in [-0.05, 0) is 23.8 Å². The maximum atomic E-state index is 12.3. The average Bonchev–Trinajstić information content (AvgIpc) is 3.18. The van der Waals surface area contributed by atoms with Crippen LogP contribution in [-0.2, 0) is 0 Å². The third-order valence-corrected chi connectivity index (χ3v) is 4.06. The van der Waals surface area contributed by atoms with Crippen LogP contribution in [0.1, 0.15) is 10.5 Å². The Hall–Kier alpha value is -3.94. The molecule has 3 aromatic rings. The molecule has 28 heavy (non-hydrogen) atoms. The van der Waals surface area contributed by atoms with E-state index in [9.17, 15) is 9.59 Å². The van der Waals surface area contributed by atoms with Gasteiger partial charge in [-0.15, -0.1) is 0 Å². The SMILES string of the molecule is COc1cc(NC(=O)Nc2ccc(-c3cc[nH]c3C(N)=O)cc2)cc(OC)c1. The highest BCUT2D eigenvalue weighted by Crippen LogP contribution is 2.27. The van der Waals surface area contributed by atoms with Crippen LogP contribution in [0.4, 0.5) is 16.2 Å². The van der Waals surface area contributed by atoms with E-state index in [0.717, 1.165) is 5.56 Å². The maximum Gasteiger partial charge on any atom is 0.323 e. The number of carbonyl (C=O) groups excluding carboxylic acids is 2. The molecule has 0 fully saturated rings. The number of methoxy groups -OCH3 is 2. The van der Waals surface area contributed by atoms with E-state index >= 15 is 0 Å². The van der Waals surface area contributed by atoms with Crippen molar-refractivity contribution in [2.75, 3.05) is 24.9 Å². The van der Waals surface area contributed by atoms with Gasteiger partial charge >= 0.3 is 6.03 Å². The van der Waals surface area contributed by atoms with Crippen molar-refractivity contribution in [3.63, 3.8) is 0 Å². The number of nitrogens with one attached hydrogen (secondary N) is 3. The molecular formula is C20H20N4O4. The van der Waals surface area contributed by atoms with E-state index in [1.54, 1.807) is 54.7 Å². The van der Waals surface area contributed by atoms with Gasteiger partial charge in [0.1, 0.15) is 17.2 Å². The lowest BCUT2D eigenvalue weighted by Gasteiger charge is -2.11. The molecule has 0 aliphatic rings. The van der Waals surface area contributed by atoms with E-state index in [0.29, 0.717) is 34.1 Å². The predicted octanol–water partition coefficient (Wildman–Crippen LogP) is 3.44. The van der Waals surface area contributed by atoms with Gasteiger partial charge in [-0.3, -0.25) is 4.79 Å². The van der Waals surface area contributed by atoms with Gasteiger partial charge in [0.2, 0.25) is 0 Å². The molecule has 0 atom stereocenters. The van der Waals surface area contributed by atoms with Gasteiger partial charge in [-0.2, -0.15) is 0 Å². The van der Waals surface area contributed by atoms with E-state index in [4.69, 9.17) is 15.2 Å². The smallest absolute Gasteiger partial charge is 0.323 e. The van der Waals surface area contributed by atoms with Crippen molar-refractivity contribution >= 4 is 23.3 Å². The second kappa shape index (κ2) is 8.17. The number of amides is 3. The third kappa shape index (κ3) is 4.24. The minimum absolute atomic E-state index is 0.338.